The first-order valence-electron chi connectivity index (χ1n) is 9.92. The molecule has 0 radical (unpaired) electrons. The van der Waals surface area contributed by atoms with E-state index in [4.69, 9.17) is 28.3 Å². The first-order chi connectivity index (χ1) is 14.6. The highest BCUT2D eigenvalue weighted by molar-refractivity contribution is 8.14. The molecule has 30 heavy (non-hydrogen) atoms. The van der Waals surface area contributed by atoms with Crippen molar-refractivity contribution in [2.75, 3.05) is 5.75 Å². The smallest absolute Gasteiger partial charge is 0.258 e. The Morgan fingerprint density at radius 2 is 1.73 bits per heavy atom. The summed E-state index contributed by atoms with van der Waals surface area (Å²) in [5.41, 5.74) is 4.59. The number of hydrogen-bond acceptors (Lipinski definition) is 4. The van der Waals surface area contributed by atoms with Crippen LogP contribution in [-0.4, -0.2) is 27.5 Å². The van der Waals surface area contributed by atoms with Gasteiger partial charge in [0.05, 0.1) is 17.5 Å². The summed E-state index contributed by atoms with van der Waals surface area (Å²) in [5, 5.41) is 9.10. The second kappa shape index (κ2) is 8.22. The summed E-state index contributed by atoms with van der Waals surface area (Å²) >= 11 is 13.6. The Labute approximate surface area is 189 Å². The van der Waals surface area contributed by atoms with Crippen LogP contribution < -0.4 is 0 Å². The molecular weight excluding hydrogens is 437 g/mol. The summed E-state index contributed by atoms with van der Waals surface area (Å²) in [6.07, 6.45) is 5.34. The third-order valence-electron chi connectivity index (χ3n) is 5.67. The average Bonchev–Trinajstić information content (AvgIpc) is 3.34. The van der Waals surface area contributed by atoms with Crippen molar-refractivity contribution in [2.45, 2.75) is 25.3 Å². The minimum Gasteiger partial charge on any atom is -0.272 e. The van der Waals surface area contributed by atoms with E-state index in [0.717, 1.165) is 41.1 Å². The van der Waals surface area contributed by atoms with Crippen LogP contribution in [0.3, 0.4) is 0 Å². The Morgan fingerprint density at radius 3 is 2.40 bits per heavy atom. The minimum absolute atomic E-state index is 0.0170. The molecule has 0 unspecified atom stereocenters. The maximum absolute atomic E-state index is 11.8. The van der Waals surface area contributed by atoms with E-state index in [1.807, 2.05) is 41.4 Å². The number of aliphatic imine (C=N–C) groups is 1. The van der Waals surface area contributed by atoms with Crippen molar-refractivity contribution < 1.29 is 4.79 Å². The normalized spacial score (nSPS) is 24.8. The van der Waals surface area contributed by atoms with E-state index >= 15 is 0 Å². The molecule has 7 heteroatoms. The topological polar surface area (TPSA) is 45.0 Å². The number of hydrogen-bond donors (Lipinski definition) is 0. The van der Waals surface area contributed by atoms with Gasteiger partial charge in [-0.25, -0.2) is 5.01 Å². The number of hydrazone groups is 1. The summed E-state index contributed by atoms with van der Waals surface area (Å²) in [6, 6.07) is 15.8. The lowest BCUT2D eigenvalue weighted by Gasteiger charge is -2.30. The monoisotopic (exact) mass is 455 g/mol. The Hall–Kier alpha value is -2.08. The Balaban J connectivity index is 1.56. The van der Waals surface area contributed by atoms with Gasteiger partial charge in [-0.3, -0.25) is 4.79 Å². The lowest BCUT2D eigenvalue weighted by atomic mass is 9.77. The van der Waals surface area contributed by atoms with E-state index in [2.05, 4.69) is 23.2 Å². The fourth-order valence-corrected chi connectivity index (χ4v) is 5.35. The van der Waals surface area contributed by atoms with E-state index in [1.165, 1.54) is 17.3 Å². The van der Waals surface area contributed by atoms with Crippen LogP contribution in [0.2, 0.25) is 10.0 Å². The van der Waals surface area contributed by atoms with E-state index < -0.39 is 0 Å². The number of nitrogens with zero attached hydrogens (tertiary/aromatic N) is 3. The van der Waals surface area contributed by atoms with Gasteiger partial charge in [-0.1, -0.05) is 59.2 Å². The molecule has 1 amide bonds. The lowest BCUT2D eigenvalue weighted by molar-refractivity contribution is -0.115. The summed E-state index contributed by atoms with van der Waals surface area (Å²) in [4.78, 5) is 16.1. The van der Waals surface area contributed by atoms with E-state index in [-0.39, 0.29) is 17.9 Å². The van der Waals surface area contributed by atoms with Crippen LogP contribution in [0.15, 0.2) is 64.2 Å². The van der Waals surface area contributed by atoms with Crippen LogP contribution in [0.25, 0.3) is 6.08 Å². The number of halogens is 2. The molecule has 0 aromatic heterocycles. The molecule has 3 aliphatic rings. The third kappa shape index (κ3) is 3.82. The van der Waals surface area contributed by atoms with Crippen molar-refractivity contribution in [1.82, 2.24) is 5.01 Å². The molecular formula is C23H19Cl2N3OS. The van der Waals surface area contributed by atoms with Crippen molar-refractivity contribution in [3.8, 4) is 0 Å². The number of amides is 1. The van der Waals surface area contributed by atoms with Gasteiger partial charge in [0.2, 0.25) is 0 Å². The van der Waals surface area contributed by atoms with E-state index in [0.29, 0.717) is 15.9 Å². The highest BCUT2D eigenvalue weighted by Crippen LogP contribution is 2.46. The van der Waals surface area contributed by atoms with Crippen molar-refractivity contribution >= 4 is 57.8 Å². The molecule has 1 aliphatic carbocycles. The number of benzene rings is 2. The summed E-state index contributed by atoms with van der Waals surface area (Å²) in [6.45, 7) is 0. The molecule has 0 N–H and O–H groups in total. The zero-order chi connectivity index (χ0) is 20.7. The standard InChI is InChI=1S/C23H19Cl2N3OS/c24-17-8-4-14(5-9-17)12-16-2-1-3-19-21(16)27-28(23-26-20(29)13-30-23)22(19)15-6-10-18(25)11-7-15/h4-12,19,22H,1-3,13H2/b16-12-/t19-,22+/m1/s1. The predicted octanol–water partition coefficient (Wildman–Crippen LogP) is 6.22. The van der Waals surface area contributed by atoms with Crippen LogP contribution in [-0.2, 0) is 4.79 Å². The fourth-order valence-electron chi connectivity index (χ4n) is 4.33. The molecule has 5 rings (SSSR count). The second-order valence-corrected chi connectivity index (χ2v) is 9.44. The molecule has 0 saturated heterocycles. The van der Waals surface area contributed by atoms with Gasteiger partial charge in [0.1, 0.15) is 0 Å². The lowest BCUT2D eigenvalue weighted by Crippen LogP contribution is -2.30. The Morgan fingerprint density at radius 1 is 1.03 bits per heavy atom. The van der Waals surface area contributed by atoms with Crippen molar-refractivity contribution in [1.29, 1.82) is 0 Å². The van der Waals surface area contributed by atoms with Crippen LogP contribution in [0.4, 0.5) is 0 Å². The average molecular weight is 456 g/mol. The predicted molar refractivity (Wildman–Crippen MR) is 125 cm³/mol. The van der Waals surface area contributed by atoms with Gasteiger partial charge in [-0.2, -0.15) is 10.1 Å². The molecule has 2 aliphatic heterocycles. The molecule has 1 saturated carbocycles. The molecule has 1 fully saturated rings. The van der Waals surface area contributed by atoms with Gasteiger partial charge in [0, 0.05) is 16.0 Å². The van der Waals surface area contributed by atoms with Crippen LogP contribution in [0.1, 0.15) is 36.4 Å². The van der Waals surface area contributed by atoms with Gasteiger partial charge >= 0.3 is 0 Å². The van der Waals surface area contributed by atoms with Crippen LogP contribution in [0, 0.1) is 5.92 Å². The minimum atomic E-state index is -0.100. The Kier molecular flexibility index (Phi) is 5.44. The van der Waals surface area contributed by atoms with Crippen molar-refractivity contribution in [2.24, 2.45) is 16.0 Å². The molecule has 2 aromatic rings. The number of carbonyl (C=O) groups is 1. The Bertz CT molecular complexity index is 1080. The summed E-state index contributed by atoms with van der Waals surface area (Å²) in [7, 11) is 0. The van der Waals surface area contributed by atoms with Gasteiger partial charge in [-0.15, -0.1) is 0 Å². The number of amidine groups is 1. The van der Waals surface area contributed by atoms with Gasteiger partial charge in [0.25, 0.3) is 5.91 Å². The molecule has 0 spiro atoms. The van der Waals surface area contributed by atoms with E-state index in [9.17, 15) is 4.79 Å². The summed E-state index contributed by atoms with van der Waals surface area (Å²) in [5.74, 6) is 0.525. The first-order valence-corrected chi connectivity index (χ1v) is 11.7. The number of fused-ring (bicyclic) bond motifs is 1. The van der Waals surface area contributed by atoms with Crippen LogP contribution in [0.5, 0.6) is 0 Å². The highest BCUT2D eigenvalue weighted by atomic mass is 35.5. The molecule has 2 heterocycles. The zero-order valence-electron chi connectivity index (χ0n) is 16.1. The van der Waals surface area contributed by atoms with Gasteiger partial charge < -0.3 is 0 Å². The SMILES string of the molecule is O=C1CSC(N2N=C3/C(=C\c4ccc(Cl)cc4)CCC[C@H]3[C@@H]2c2ccc(Cl)cc2)=N1. The number of allylic oxidation sites excluding steroid dienone is 1. The third-order valence-corrected chi connectivity index (χ3v) is 7.10. The molecule has 0 bridgehead atoms. The molecule has 152 valence electrons. The van der Waals surface area contributed by atoms with Crippen molar-refractivity contribution in [3.05, 3.63) is 75.3 Å². The number of carbonyl (C=O) groups excluding carboxylic acids is 1. The van der Waals surface area contributed by atoms with E-state index in [1.54, 1.807) is 0 Å². The first kappa shape index (κ1) is 19.9. The molecule has 2 atom stereocenters. The zero-order valence-corrected chi connectivity index (χ0v) is 18.4. The maximum Gasteiger partial charge on any atom is 0.258 e. The molecule has 4 nitrogen and oxygen atoms in total. The van der Waals surface area contributed by atoms with Gasteiger partial charge in [0.15, 0.2) is 5.17 Å². The van der Waals surface area contributed by atoms with Crippen molar-refractivity contribution in [3.63, 3.8) is 0 Å². The number of rotatable bonds is 2. The fraction of sp³-hybridized carbons (Fsp3) is 0.261. The molecule has 2 aromatic carbocycles. The largest absolute Gasteiger partial charge is 0.272 e. The van der Waals surface area contributed by atoms with Crippen LogP contribution >= 0.6 is 35.0 Å². The quantitative estimate of drug-likeness (QED) is 0.539. The number of thioether (sulfide) groups is 1. The highest BCUT2D eigenvalue weighted by Gasteiger charge is 2.44. The second-order valence-electron chi connectivity index (χ2n) is 7.62. The maximum atomic E-state index is 11.8. The summed E-state index contributed by atoms with van der Waals surface area (Å²) < 4.78 is 0. The van der Waals surface area contributed by atoms with Gasteiger partial charge in [-0.05, 0) is 66.3 Å².